The van der Waals surface area contributed by atoms with Crippen molar-refractivity contribution < 1.29 is 9.59 Å². The standard InChI is InChI=1S/C16H25N5O2/c1-4-19-6-12(14-8-18(3)10-17-14)13(7-19)16(23)21-9-15(22)20(5-2)11-21/h8,10,12-13H,4-7,9,11H2,1-3H3/t12-,13-/m1/s1. The van der Waals surface area contributed by atoms with E-state index in [0.29, 0.717) is 13.2 Å². The first-order valence-corrected chi connectivity index (χ1v) is 8.30. The molecule has 0 radical (unpaired) electrons. The van der Waals surface area contributed by atoms with Crippen LogP contribution in [-0.2, 0) is 16.6 Å². The smallest absolute Gasteiger partial charge is 0.243 e. The predicted octanol–water partition coefficient (Wildman–Crippen LogP) is 0.104. The second-order valence-corrected chi connectivity index (χ2v) is 6.46. The molecule has 0 unspecified atom stereocenters. The molecule has 7 nitrogen and oxygen atoms in total. The Morgan fingerprint density at radius 3 is 2.65 bits per heavy atom. The van der Waals surface area contributed by atoms with E-state index in [9.17, 15) is 9.59 Å². The molecule has 7 heteroatoms. The van der Waals surface area contributed by atoms with Gasteiger partial charge in [0.1, 0.15) is 6.54 Å². The lowest BCUT2D eigenvalue weighted by Crippen LogP contribution is -2.38. The zero-order valence-corrected chi connectivity index (χ0v) is 14.1. The summed E-state index contributed by atoms with van der Waals surface area (Å²) in [5.74, 6) is 0.116. The lowest BCUT2D eigenvalue weighted by molar-refractivity contribution is -0.135. The summed E-state index contributed by atoms with van der Waals surface area (Å²) in [6.45, 7) is 7.86. The number of amides is 2. The Labute approximate surface area is 136 Å². The van der Waals surface area contributed by atoms with Gasteiger partial charge in [-0.25, -0.2) is 4.98 Å². The van der Waals surface area contributed by atoms with Gasteiger partial charge in [0, 0.05) is 38.8 Å². The van der Waals surface area contributed by atoms with Crippen LogP contribution >= 0.6 is 0 Å². The van der Waals surface area contributed by atoms with Crippen molar-refractivity contribution in [2.24, 2.45) is 13.0 Å². The fourth-order valence-corrected chi connectivity index (χ4v) is 3.57. The van der Waals surface area contributed by atoms with Crippen LogP contribution in [0.4, 0.5) is 0 Å². The average Bonchev–Trinajstić information content (AvgIpc) is 3.23. The molecule has 1 aromatic heterocycles. The van der Waals surface area contributed by atoms with Crippen LogP contribution in [0, 0.1) is 5.92 Å². The number of aryl methyl sites for hydroxylation is 1. The Balaban J connectivity index is 1.78. The van der Waals surface area contributed by atoms with Crippen LogP contribution in [0.1, 0.15) is 25.5 Å². The predicted molar refractivity (Wildman–Crippen MR) is 85.5 cm³/mol. The van der Waals surface area contributed by atoms with E-state index < -0.39 is 0 Å². The molecule has 0 bridgehead atoms. The number of carbonyl (C=O) groups excluding carboxylic acids is 2. The first-order valence-electron chi connectivity index (χ1n) is 8.30. The first-order chi connectivity index (χ1) is 11.0. The molecule has 2 atom stereocenters. The molecule has 126 valence electrons. The van der Waals surface area contributed by atoms with Crippen LogP contribution in [-0.4, -0.2) is 75.5 Å². The van der Waals surface area contributed by atoms with E-state index in [1.165, 1.54) is 0 Å². The summed E-state index contributed by atoms with van der Waals surface area (Å²) in [4.78, 5) is 35.1. The minimum absolute atomic E-state index is 0.0422. The molecule has 0 spiro atoms. The van der Waals surface area contributed by atoms with Crippen LogP contribution in [0.5, 0.6) is 0 Å². The summed E-state index contributed by atoms with van der Waals surface area (Å²) in [5.41, 5.74) is 0.972. The molecule has 23 heavy (non-hydrogen) atoms. The number of aromatic nitrogens is 2. The third kappa shape index (κ3) is 2.97. The maximum absolute atomic E-state index is 13.0. The maximum Gasteiger partial charge on any atom is 0.243 e. The second kappa shape index (κ2) is 6.31. The number of hydrogen-bond acceptors (Lipinski definition) is 4. The van der Waals surface area contributed by atoms with E-state index in [4.69, 9.17) is 0 Å². The Kier molecular flexibility index (Phi) is 4.39. The highest BCUT2D eigenvalue weighted by molar-refractivity contribution is 5.89. The van der Waals surface area contributed by atoms with Gasteiger partial charge in [-0.15, -0.1) is 0 Å². The van der Waals surface area contributed by atoms with Crippen LogP contribution in [0.3, 0.4) is 0 Å². The number of likely N-dealkylation sites (tertiary alicyclic amines) is 1. The highest BCUT2D eigenvalue weighted by Crippen LogP contribution is 2.33. The van der Waals surface area contributed by atoms with Crippen molar-refractivity contribution in [3.63, 3.8) is 0 Å². The Hall–Kier alpha value is -1.89. The Morgan fingerprint density at radius 2 is 2.09 bits per heavy atom. The van der Waals surface area contributed by atoms with Crippen LogP contribution in [0.25, 0.3) is 0 Å². The highest BCUT2D eigenvalue weighted by atomic mass is 16.2. The number of imidazole rings is 1. The number of hydrogen-bond donors (Lipinski definition) is 0. The van der Waals surface area contributed by atoms with E-state index in [0.717, 1.165) is 25.3 Å². The van der Waals surface area contributed by atoms with Crippen molar-refractivity contribution >= 4 is 11.8 Å². The average molecular weight is 319 g/mol. The lowest BCUT2D eigenvalue weighted by Gasteiger charge is -2.23. The lowest BCUT2D eigenvalue weighted by atomic mass is 9.92. The molecule has 0 N–H and O–H groups in total. The first kappa shape index (κ1) is 16.0. The monoisotopic (exact) mass is 319 g/mol. The van der Waals surface area contributed by atoms with Crippen LogP contribution in [0.15, 0.2) is 12.5 Å². The zero-order chi connectivity index (χ0) is 16.6. The number of rotatable bonds is 4. The van der Waals surface area contributed by atoms with Crippen LogP contribution < -0.4 is 0 Å². The summed E-state index contributed by atoms with van der Waals surface area (Å²) in [6, 6.07) is 0. The summed E-state index contributed by atoms with van der Waals surface area (Å²) in [5, 5.41) is 0. The zero-order valence-electron chi connectivity index (χ0n) is 14.1. The minimum atomic E-state index is -0.116. The third-order valence-electron chi connectivity index (χ3n) is 4.98. The Bertz CT molecular complexity index is 599. The van der Waals surface area contributed by atoms with Gasteiger partial charge in [0.25, 0.3) is 0 Å². The van der Waals surface area contributed by atoms with Crippen molar-refractivity contribution in [3.05, 3.63) is 18.2 Å². The molecule has 0 saturated carbocycles. The van der Waals surface area contributed by atoms with Gasteiger partial charge >= 0.3 is 0 Å². The van der Waals surface area contributed by atoms with E-state index in [2.05, 4.69) is 16.8 Å². The van der Waals surface area contributed by atoms with E-state index in [-0.39, 0.29) is 30.2 Å². The second-order valence-electron chi connectivity index (χ2n) is 6.46. The molecule has 2 saturated heterocycles. The van der Waals surface area contributed by atoms with Crippen molar-refractivity contribution in [1.29, 1.82) is 0 Å². The summed E-state index contributed by atoms with van der Waals surface area (Å²) in [6.07, 6.45) is 3.78. The summed E-state index contributed by atoms with van der Waals surface area (Å²) < 4.78 is 1.92. The third-order valence-corrected chi connectivity index (χ3v) is 4.98. The van der Waals surface area contributed by atoms with Gasteiger partial charge in [-0.05, 0) is 13.5 Å². The fourth-order valence-electron chi connectivity index (χ4n) is 3.57. The summed E-state index contributed by atoms with van der Waals surface area (Å²) in [7, 11) is 1.94. The molecular weight excluding hydrogens is 294 g/mol. The number of carbonyl (C=O) groups is 2. The van der Waals surface area contributed by atoms with Crippen molar-refractivity contribution in [1.82, 2.24) is 24.3 Å². The summed E-state index contributed by atoms with van der Waals surface area (Å²) >= 11 is 0. The van der Waals surface area contributed by atoms with Gasteiger partial charge in [-0.1, -0.05) is 6.92 Å². The van der Waals surface area contributed by atoms with E-state index >= 15 is 0 Å². The van der Waals surface area contributed by atoms with Crippen molar-refractivity contribution in [3.8, 4) is 0 Å². The van der Waals surface area contributed by atoms with Gasteiger partial charge in [-0.2, -0.15) is 0 Å². The highest BCUT2D eigenvalue weighted by Gasteiger charge is 2.43. The van der Waals surface area contributed by atoms with Crippen molar-refractivity contribution in [2.75, 3.05) is 39.4 Å². The van der Waals surface area contributed by atoms with Crippen LogP contribution in [0.2, 0.25) is 0 Å². The quantitative estimate of drug-likeness (QED) is 0.790. The minimum Gasteiger partial charge on any atom is -0.340 e. The maximum atomic E-state index is 13.0. The normalized spacial score (nSPS) is 25.6. The van der Waals surface area contributed by atoms with Gasteiger partial charge in [0.2, 0.25) is 11.8 Å². The van der Waals surface area contributed by atoms with Gasteiger partial charge in [0.15, 0.2) is 0 Å². The molecule has 3 rings (SSSR count). The van der Waals surface area contributed by atoms with E-state index in [1.807, 2.05) is 24.7 Å². The van der Waals surface area contributed by atoms with Crippen molar-refractivity contribution in [2.45, 2.75) is 19.8 Å². The molecule has 2 amide bonds. The topological polar surface area (TPSA) is 61.7 Å². The molecule has 1 aromatic rings. The molecule has 0 aliphatic carbocycles. The largest absolute Gasteiger partial charge is 0.340 e. The molecule has 0 aromatic carbocycles. The SMILES string of the molecule is CCN1C[C@@H](C(=O)N2CC(=O)N(CC)C2)[C@H](c2cn(C)cn2)C1. The van der Waals surface area contributed by atoms with Gasteiger partial charge in [0.05, 0.1) is 24.6 Å². The van der Waals surface area contributed by atoms with Gasteiger partial charge < -0.3 is 19.3 Å². The van der Waals surface area contributed by atoms with Gasteiger partial charge in [-0.3, -0.25) is 9.59 Å². The molecule has 3 heterocycles. The molecular formula is C16H25N5O2. The van der Waals surface area contributed by atoms with E-state index in [1.54, 1.807) is 16.1 Å². The number of likely N-dealkylation sites (N-methyl/N-ethyl adjacent to an activating group) is 2. The number of nitrogens with zero attached hydrogens (tertiary/aromatic N) is 5. The Morgan fingerprint density at radius 1 is 1.30 bits per heavy atom. The fraction of sp³-hybridized carbons (Fsp3) is 0.688. The molecule has 2 aliphatic heterocycles. The molecule has 2 aliphatic rings. The molecule has 2 fully saturated rings.